The molecule has 14 N–H and O–H groups in total. The van der Waals surface area contributed by atoms with Gasteiger partial charge in [0.1, 0.15) is 92.5 Å². The van der Waals surface area contributed by atoms with Gasteiger partial charge in [-0.1, -0.05) is 133 Å². The highest BCUT2D eigenvalue weighted by molar-refractivity contribution is 6.02. The molecule has 41 nitrogen and oxygen atoms in total. The van der Waals surface area contributed by atoms with Crippen LogP contribution in [0, 0.1) is 34.6 Å². The minimum Gasteiger partial charge on any atom is -0.424 e. The first kappa shape index (κ1) is 88.0. The van der Waals surface area contributed by atoms with Gasteiger partial charge in [0, 0.05) is 63.1 Å². The Morgan fingerprint density at radius 3 is 1.18 bits per heavy atom. The average Bonchev–Trinajstić information content (AvgIpc) is 1.57. The molecule has 0 bridgehead atoms. The molecular weight excluding hydrogens is 1820 g/mol. The van der Waals surface area contributed by atoms with E-state index in [9.17, 15) is 19.2 Å². The fourth-order valence-electron chi connectivity index (χ4n) is 19.1. The average molecular weight is 1910 g/mol. The molecule has 0 spiro atoms. The minimum atomic E-state index is -0.0930. The molecule has 0 saturated heterocycles. The Morgan fingerprint density at radius 1 is 0.375 bits per heavy atom. The number of nitrogens with two attached hydrogens (primary N) is 6. The number of oxazole rings is 2. The van der Waals surface area contributed by atoms with Crippen molar-refractivity contribution in [2.45, 2.75) is 79.7 Å². The standard InChI is InChI=1S/C29H22N8O2.C26H22N8O2.C25H20N8O.C23H19N11O/c1-16-6-5-7-17-12-20(37(28(38)23(16)17)19-8-3-2-4-9-19)14-36-27-24(26(30)32-15-33-27)25(35-36)18-10-11-22-21(13-18)34-29(31)39-22;1-13-3-2-4-14-9-17(34(16-6-7-16)25(35)20(13)14)11-33-24-21(23(27)29-12-30-24)22(32-33)15-5-8-19-18(10-15)31-26(28)36-19;1-15-6-5-7-16-10-19(33(25(34)20(15)16)18-8-3-2-4-9-18)13-32-24-21(23(26)27-14-28-24)22(31-32)17-11-29-30-12-17;1-13-6-3-4-9-17(13)33-16(10-15-8-5-7-14(2)18(15)23(33)35)11-32-21-19(20(24)25-12-26-21)22(27-32)34-30-28-29-31-34/h2-13,15H,14H2,1H3,(H2,31,34)(H2,30,32,33);2-5,8-10,12,16H,6-7,11H2,1H3,(H2,28,31)(H2,27,29,30);2-12,14H,13H2,1H3,(H,29,30)(H2,26,27,28);3-10,12H,11H2,1-2H3,(H2,24,25,26,27)/p+1. The molecule has 0 aliphatic heterocycles. The van der Waals surface area contributed by atoms with Gasteiger partial charge in [0.15, 0.2) is 39.0 Å². The Labute approximate surface area is 811 Å². The molecule has 25 aromatic rings. The van der Waals surface area contributed by atoms with Gasteiger partial charge >= 0.3 is 5.82 Å². The smallest absolute Gasteiger partial charge is 0.312 e. The Hall–Kier alpha value is -20.0. The third-order valence-electron chi connectivity index (χ3n) is 25.8. The normalized spacial score (nSPS) is 12.1. The number of rotatable bonds is 16. The van der Waals surface area contributed by atoms with Crippen molar-refractivity contribution in [2.75, 3.05) is 34.4 Å². The van der Waals surface area contributed by atoms with Crippen LogP contribution in [0.4, 0.5) is 35.3 Å². The van der Waals surface area contributed by atoms with E-state index >= 15 is 0 Å². The number of hydrogen-bond acceptors (Lipinski definition) is 30. The van der Waals surface area contributed by atoms with Crippen molar-refractivity contribution in [2.24, 2.45) is 0 Å². The second-order valence-electron chi connectivity index (χ2n) is 35.0. The molecule has 16 heterocycles. The Kier molecular flexibility index (Phi) is 21.7. The summed E-state index contributed by atoms with van der Waals surface area (Å²) in [7, 11) is 0. The van der Waals surface area contributed by atoms with Crippen LogP contribution >= 0.6 is 0 Å². The van der Waals surface area contributed by atoms with Gasteiger partial charge in [-0.2, -0.15) is 35.0 Å². The lowest BCUT2D eigenvalue weighted by atomic mass is 10.1. The maximum absolute atomic E-state index is 13.9. The van der Waals surface area contributed by atoms with Crippen molar-refractivity contribution < 1.29 is 13.6 Å². The van der Waals surface area contributed by atoms with E-state index in [-0.39, 0.29) is 59.2 Å². The predicted octanol–water partition coefficient (Wildman–Crippen LogP) is 12.9. The summed E-state index contributed by atoms with van der Waals surface area (Å²) in [5.74, 6) is 1.56. The number of aromatic amines is 2. The Morgan fingerprint density at radius 2 is 0.757 bits per heavy atom. The fraction of sp³-hybridized carbons (Fsp3) is 0.117. The van der Waals surface area contributed by atoms with Gasteiger partial charge in [0.25, 0.3) is 34.3 Å². The number of para-hydroxylation sites is 3. The number of fused-ring (bicyclic) bond motifs is 10. The third kappa shape index (κ3) is 15.6. The molecule has 1 saturated carbocycles. The molecule has 26 rings (SSSR count). The number of nitrogen functional groups attached to an aromatic ring is 6. The molecule has 706 valence electrons. The van der Waals surface area contributed by atoms with Gasteiger partial charge < -0.3 is 47.8 Å². The van der Waals surface area contributed by atoms with Gasteiger partial charge in [-0.3, -0.25) is 38.0 Å². The van der Waals surface area contributed by atoms with Crippen molar-refractivity contribution in [3.63, 3.8) is 0 Å². The van der Waals surface area contributed by atoms with Crippen LogP contribution in [0.3, 0.4) is 0 Å². The molecule has 0 atom stereocenters. The summed E-state index contributed by atoms with van der Waals surface area (Å²) in [6.45, 7) is 11.0. The van der Waals surface area contributed by atoms with Crippen LogP contribution in [-0.4, -0.2) is 138 Å². The zero-order valence-corrected chi connectivity index (χ0v) is 77.6. The van der Waals surface area contributed by atoms with Crippen LogP contribution in [0.15, 0.2) is 284 Å². The minimum absolute atomic E-state index is 0.0444. The van der Waals surface area contributed by atoms with Gasteiger partial charge in [0.05, 0.1) is 75.8 Å². The van der Waals surface area contributed by atoms with E-state index in [2.05, 4.69) is 92.1 Å². The third-order valence-corrected chi connectivity index (χ3v) is 25.8. The number of benzene rings is 9. The topological polar surface area (TPSA) is 558 Å². The van der Waals surface area contributed by atoms with Crippen molar-refractivity contribution in [1.29, 1.82) is 0 Å². The van der Waals surface area contributed by atoms with Crippen LogP contribution < -0.4 is 61.4 Å². The number of anilines is 6. The van der Waals surface area contributed by atoms with Crippen molar-refractivity contribution in [3.8, 4) is 56.7 Å². The molecule has 0 radical (unpaired) electrons. The number of nitrogens with zero attached hydrogens (tertiary/aromatic N) is 27. The molecule has 0 unspecified atom stereocenters. The number of nitrogens with one attached hydrogen (secondary N) is 2. The predicted molar refractivity (Wildman–Crippen MR) is 546 cm³/mol. The molecule has 1 fully saturated rings. The second-order valence-corrected chi connectivity index (χ2v) is 35.0. The number of H-pyrrole nitrogens is 2. The molecule has 1 aliphatic carbocycles. The molecular formula is C103H84N35O6+. The van der Waals surface area contributed by atoms with E-state index in [1.165, 1.54) is 30.1 Å². The first-order chi connectivity index (χ1) is 70.1. The van der Waals surface area contributed by atoms with Crippen molar-refractivity contribution >= 4 is 145 Å². The zero-order chi connectivity index (χ0) is 98.6. The van der Waals surface area contributed by atoms with E-state index in [1.807, 2.05) is 239 Å². The van der Waals surface area contributed by atoms with Crippen molar-refractivity contribution in [3.05, 3.63) is 348 Å². The summed E-state index contributed by atoms with van der Waals surface area (Å²) in [6, 6.07) is 70.1. The molecule has 16 aromatic heterocycles. The molecule has 41 heteroatoms. The van der Waals surface area contributed by atoms with Crippen LogP contribution in [0.25, 0.3) is 166 Å². The number of pyridine rings is 4. The highest BCUT2D eigenvalue weighted by Gasteiger charge is 2.32. The number of hydrogen-bond donors (Lipinski definition) is 8. The fourth-order valence-corrected chi connectivity index (χ4v) is 19.1. The van der Waals surface area contributed by atoms with Crippen LogP contribution in [0.2, 0.25) is 0 Å². The van der Waals surface area contributed by atoms with E-state index in [0.717, 1.165) is 124 Å². The SMILES string of the molecule is Cc1cccc2cc(Cn3nc(-c4ccc5oc(N)nc5c4)c4c(N)ncnc43)n(-c3ccccc3)c(=O)c12.Cc1cccc2cc(Cn3nc(-c4ccc5oc(N)nc5c4)c4c(N)ncnc43)n(C3CC3)c(=O)c12.Cc1cccc2cc(Cn3nc(-c4cn[nH]c4)c4c(N)ncnc43)n(-c3ccccc3)c(=O)c12.Cc1ccccc1-n1c(Cn2nc(-[n+]3nnn[nH]3)c3c(N)ncnc32)cc2cccc(C)c2c1=O. The second kappa shape index (κ2) is 35.5. The summed E-state index contributed by atoms with van der Waals surface area (Å²) in [5, 5.41) is 48.7. The quantitative estimate of drug-likeness (QED) is 0.0416. The van der Waals surface area contributed by atoms with Crippen LogP contribution in [-0.2, 0) is 26.2 Å². The Bertz CT molecular complexity index is 9710. The molecule has 9 aromatic carbocycles. The Balaban J connectivity index is 0.000000106. The van der Waals surface area contributed by atoms with E-state index in [1.54, 1.807) is 57.0 Å². The van der Waals surface area contributed by atoms with E-state index in [0.29, 0.717) is 136 Å². The van der Waals surface area contributed by atoms with E-state index in [4.69, 9.17) is 58.5 Å². The number of aryl methyl sites for hydroxylation is 5. The first-order valence-corrected chi connectivity index (χ1v) is 45.7. The van der Waals surface area contributed by atoms with E-state index < -0.39 is 0 Å². The summed E-state index contributed by atoms with van der Waals surface area (Å²) >= 11 is 0. The highest BCUT2D eigenvalue weighted by Crippen LogP contribution is 2.40. The lowest BCUT2D eigenvalue weighted by molar-refractivity contribution is -0.721. The van der Waals surface area contributed by atoms with Crippen LogP contribution in [0.1, 0.15) is 69.5 Å². The highest BCUT2D eigenvalue weighted by atomic mass is 16.4. The lowest BCUT2D eigenvalue weighted by Gasteiger charge is -2.17. The van der Waals surface area contributed by atoms with Crippen LogP contribution in [0.5, 0.6) is 0 Å². The van der Waals surface area contributed by atoms with Gasteiger partial charge in [-0.15, -0.1) is 0 Å². The van der Waals surface area contributed by atoms with Gasteiger partial charge in [0.2, 0.25) is 0 Å². The lowest BCUT2D eigenvalue weighted by Crippen LogP contribution is -2.37. The maximum atomic E-state index is 13.9. The molecule has 1 aliphatic rings. The van der Waals surface area contributed by atoms with Crippen molar-refractivity contribution in [1.82, 2.24) is 138 Å². The summed E-state index contributed by atoms with van der Waals surface area (Å²) in [6.07, 6.45) is 11.0. The summed E-state index contributed by atoms with van der Waals surface area (Å²) in [4.78, 5) is 99.4. The molecule has 0 amide bonds. The first-order valence-electron chi connectivity index (χ1n) is 45.7. The number of aromatic nitrogens is 29. The summed E-state index contributed by atoms with van der Waals surface area (Å²) in [5.41, 5.74) is 55.3. The maximum Gasteiger partial charge on any atom is 0.312 e. The van der Waals surface area contributed by atoms with Gasteiger partial charge in [-0.05, 0) is 198 Å². The largest absolute Gasteiger partial charge is 0.424 e. The van der Waals surface area contributed by atoms with Gasteiger partial charge in [-0.25, -0.2) is 53.9 Å². The monoisotopic (exact) mass is 1910 g/mol. The molecule has 144 heavy (non-hydrogen) atoms. The summed E-state index contributed by atoms with van der Waals surface area (Å²) < 4.78 is 24.9. The zero-order valence-electron chi connectivity index (χ0n) is 77.6.